The van der Waals surface area contributed by atoms with Gasteiger partial charge in [-0.2, -0.15) is 4.31 Å². The molecule has 0 spiro atoms. The van der Waals surface area contributed by atoms with E-state index in [1.54, 1.807) is 13.8 Å². The van der Waals surface area contributed by atoms with Gasteiger partial charge in [0.1, 0.15) is 4.90 Å². The SMILES string of the molecule is CCN(CC)S(=O)(=O)c1cc(C(=O)NCCCO)ccc1Cl. The van der Waals surface area contributed by atoms with Crippen LogP contribution in [-0.2, 0) is 10.0 Å². The molecule has 2 N–H and O–H groups in total. The van der Waals surface area contributed by atoms with Crippen LogP contribution in [0.3, 0.4) is 0 Å². The van der Waals surface area contributed by atoms with Crippen molar-refractivity contribution in [3.05, 3.63) is 28.8 Å². The first-order valence-electron chi connectivity index (χ1n) is 7.07. The average molecular weight is 349 g/mol. The van der Waals surface area contributed by atoms with E-state index in [0.29, 0.717) is 26.1 Å². The van der Waals surface area contributed by atoms with Crippen molar-refractivity contribution >= 4 is 27.5 Å². The Morgan fingerprint density at radius 3 is 2.50 bits per heavy atom. The third kappa shape index (κ3) is 4.42. The van der Waals surface area contributed by atoms with Gasteiger partial charge in [0.25, 0.3) is 5.91 Å². The molecule has 0 aliphatic carbocycles. The summed E-state index contributed by atoms with van der Waals surface area (Å²) in [4.78, 5) is 11.9. The molecule has 0 heterocycles. The van der Waals surface area contributed by atoms with Gasteiger partial charge >= 0.3 is 0 Å². The Morgan fingerprint density at radius 1 is 1.32 bits per heavy atom. The number of amides is 1. The van der Waals surface area contributed by atoms with E-state index in [1.165, 1.54) is 22.5 Å². The fourth-order valence-corrected chi connectivity index (χ4v) is 3.89. The summed E-state index contributed by atoms with van der Waals surface area (Å²) in [6.45, 7) is 4.41. The van der Waals surface area contributed by atoms with Gasteiger partial charge in [0, 0.05) is 31.8 Å². The second-order valence-electron chi connectivity index (χ2n) is 4.57. The number of carbonyl (C=O) groups is 1. The van der Waals surface area contributed by atoms with Crippen molar-refractivity contribution in [1.29, 1.82) is 0 Å². The minimum Gasteiger partial charge on any atom is -0.396 e. The van der Waals surface area contributed by atoms with Crippen molar-refractivity contribution < 1.29 is 18.3 Å². The average Bonchev–Trinajstić information content (AvgIpc) is 2.48. The number of aliphatic hydroxyl groups is 1. The van der Waals surface area contributed by atoms with Gasteiger partial charge < -0.3 is 10.4 Å². The summed E-state index contributed by atoms with van der Waals surface area (Å²) in [6.07, 6.45) is 0.434. The number of hydrogen-bond acceptors (Lipinski definition) is 4. The molecule has 6 nitrogen and oxygen atoms in total. The van der Waals surface area contributed by atoms with E-state index in [-0.39, 0.29) is 22.1 Å². The molecule has 0 aliphatic rings. The molecule has 0 unspecified atom stereocenters. The Balaban J connectivity index is 3.12. The van der Waals surface area contributed by atoms with Crippen molar-refractivity contribution in [3.63, 3.8) is 0 Å². The van der Waals surface area contributed by atoms with E-state index < -0.39 is 15.9 Å². The first-order chi connectivity index (χ1) is 10.4. The Kier molecular flexibility index (Phi) is 7.28. The molecule has 0 bridgehead atoms. The first-order valence-corrected chi connectivity index (χ1v) is 8.89. The van der Waals surface area contributed by atoms with Gasteiger partial charge in [-0.15, -0.1) is 0 Å². The normalized spacial score (nSPS) is 11.7. The van der Waals surface area contributed by atoms with Crippen LogP contribution in [0.1, 0.15) is 30.6 Å². The van der Waals surface area contributed by atoms with E-state index in [2.05, 4.69) is 5.32 Å². The van der Waals surface area contributed by atoms with Crippen molar-refractivity contribution in [3.8, 4) is 0 Å². The lowest BCUT2D eigenvalue weighted by atomic mass is 10.2. The van der Waals surface area contributed by atoms with Gasteiger partial charge in [0.05, 0.1) is 5.02 Å². The van der Waals surface area contributed by atoms with Crippen LogP contribution in [0.25, 0.3) is 0 Å². The van der Waals surface area contributed by atoms with Crippen LogP contribution in [0.15, 0.2) is 23.1 Å². The fraction of sp³-hybridized carbons (Fsp3) is 0.500. The number of benzene rings is 1. The van der Waals surface area contributed by atoms with E-state index in [0.717, 1.165) is 0 Å². The highest BCUT2D eigenvalue weighted by atomic mass is 35.5. The standard InChI is InChI=1S/C14H21ClN2O4S/c1-3-17(4-2)22(20,21)13-10-11(6-7-12(13)15)14(19)16-8-5-9-18/h6-7,10,18H,3-5,8-9H2,1-2H3,(H,16,19). The first kappa shape index (κ1) is 18.9. The molecule has 0 aromatic heterocycles. The summed E-state index contributed by atoms with van der Waals surface area (Å²) in [6, 6.07) is 4.15. The summed E-state index contributed by atoms with van der Waals surface area (Å²) in [7, 11) is -3.73. The van der Waals surface area contributed by atoms with Crippen LogP contribution in [0, 0.1) is 0 Å². The molecule has 0 fully saturated rings. The molecule has 0 radical (unpaired) electrons. The van der Waals surface area contributed by atoms with E-state index in [1.807, 2.05) is 0 Å². The number of carbonyl (C=O) groups excluding carboxylic acids is 1. The van der Waals surface area contributed by atoms with E-state index in [4.69, 9.17) is 16.7 Å². The monoisotopic (exact) mass is 348 g/mol. The van der Waals surface area contributed by atoms with Gasteiger partial charge in [-0.1, -0.05) is 25.4 Å². The van der Waals surface area contributed by atoms with Crippen LogP contribution < -0.4 is 5.32 Å². The molecule has 0 saturated carbocycles. The second kappa shape index (κ2) is 8.47. The second-order valence-corrected chi connectivity index (χ2v) is 6.88. The molecule has 124 valence electrons. The zero-order valence-corrected chi connectivity index (χ0v) is 14.2. The topological polar surface area (TPSA) is 86.7 Å². The fourth-order valence-electron chi connectivity index (χ4n) is 1.93. The van der Waals surface area contributed by atoms with Crippen LogP contribution in [0.5, 0.6) is 0 Å². The Hall–Kier alpha value is -1.15. The third-order valence-electron chi connectivity index (χ3n) is 3.14. The minimum atomic E-state index is -3.73. The molecule has 0 saturated heterocycles. The van der Waals surface area contributed by atoms with Crippen molar-refractivity contribution in [1.82, 2.24) is 9.62 Å². The minimum absolute atomic E-state index is 0.0253. The molecule has 1 rings (SSSR count). The van der Waals surface area contributed by atoms with Gasteiger partial charge in [-0.3, -0.25) is 4.79 Å². The lowest BCUT2D eigenvalue weighted by molar-refractivity contribution is 0.0951. The number of aliphatic hydroxyl groups excluding tert-OH is 1. The quantitative estimate of drug-likeness (QED) is 0.697. The molecular formula is C14H21ClN2O4S. The third-order valence-corrected chi connectivity index (χ3v) is 5.67. The zero-order valence-electron chi connectivity index (χ0n) is 12.7. The molecule has 8 heteroatoms. The van der Waals surface area contributed by atoms with Crippen molar-refractivity contribution in [2.24, 2.45) is 0 Å². The summed E-state index contributed by atoms with van der Waals surface area (Å²) in [5, 5.41) is 11.4. The Morgan fingerprint density at radius 2 is 1.95 bits per heavy atom. The zero-order chi connectivity index (χ0) is 16.8. The van der Waals surface area contributed by atoms with Crippen molar-refractivity contribution in [2.45, 2.75) is 25.2 Å². The van der Waals surface area contributed by atoms with E-state index >= 15 is 0 Å². The summed E-state index contributed by atoms with van der Waals surface area (Å²) in [5.74, 6) is -0.402. The molecule has 0 atom stereocenters. The number of hydrogen-bond donors (Lipinski definition) is 2. The van der Waals surface area contributed by atoms with Crippen LogP contribution in [-0.4, -0.2) is 50.0 Å². The maximum atomic E-state index is 12.5. The number of rotatable bonds is 8. The van der Waals surface area contributed by atoms with Gasteiger partial charge in [0.2, 0.25) is 10.0 Å². The molecule has 1 amide bonds. The number of halogens is 1. The molecule has 1 aromatic carbocycles. The predicted molar refractivity (Wildman–Crippen MR) is 85.6 cm³/mol. The Bertz CT molecular complexity index is 615. The predicted octanol–water partition coefficient (Wildman–Crippen LogP) is 1.48. The number of nitrogens with zero attached hydrogens (tertiary/aromatic N) is 1. The largest absolute Gasteiger partial charge is 0.396 e. The summed E-state index contributed by atoms with van der Waals surface area (Å²) >= 11 is 6.00. The lowest BCUT2D eigenvalue weighted by Gasteiger charge is -2.19. The smallest absolute Gasteiger partial charge is 0.251 e. The highest BCUT2D eigenvalue weighted by Gasteiger charge is 2.25. The van der Waals surface area contributed by atoms with Crippen molar-refractivity contribution in [2.75, 3.05) is 26.2 Å². The van der Waals surface area contributed by atoms with Crippen LogP contribution in [0.2, 0.25) is 5.02 Å². The van der Waals surface area contributed by atoms with Crippen LogP contribution in [0.4, 0.5) is 0 Å². The lowest BCUT2D eigenvalue weighted by Crippen LogP contribution is -2.31. The number of nitrogens with one attached hydrogen (secondary N) is 1. The summed E-state index contributed by atoms with van der Waals surface area (Å²) < 4.78 is 26.3. The van der Waals surface area contributed by atoms with Gasteiger partial charge in [0.15, 0.2) is 0 Å². The highest BCUT2D eigenvalue weighted by molar-refractivity contribution is 7.89. The molecule has 0 aliphatic heterocycles. The highest BCUT2D eigenvalue weighted by Crippen LogP contribution is 2.25. The molecule has 22 heavy (non-hydrogen) atoms. The summed E-state index contributed by atoms with van der Waals surface area (Å²) in [5.41, 5.74) is 0.216. The molecule has 1 aromatic rings. The maximum absolute atomic E-state index is 12.5. The Labute approximate surface area is 136 Å². The number of sulfonamides is 1. The van der Waals surface area contributed by atoms with Crippen LogP contribution >= 0.6 is 11.6 Å². The van der Waals surface area contributed by atoms with Gasteiger partial charge in [-0.05, 0) is 24.6 Å². The van der Waals surface area contributed by atoms with E-state index in [9.17, 15) is 13.2 Å². The van der Waals surface area contributed by atoms with Gasteiger partial charge in [-0.25, -0.2) is 8.42 Å². The maximum Gasteiger partial charge on any atom is 0.251 e. The molecular weight excluding hydrogens is 328 g/mol.